The Morgan fingerprint density at radius 1 is 0.458 bits per heavy atom. The molecule has 3 nitrogen and oxygen atoms in total. The van der Waals surface area contributed by atoms with Crippen LogP contribution in [0, 0.1) is 0 Å². The second kappa shape index (κ2) is 10.7. The van der Waals surface area contributed by atoms with Crippen molar-refractivity contribution in [3.8, 4) is 16.8 Å². The fourth-order valence-electron chi connectivity index (χ4n) is 7.17. The van der Waals surface area contributed by atoms with E-state index in [0.717, 1.165) is 39.3 Å². The Morgan fingerprint density at radius 2 is 1.08 bits per heavy atom. The van der Waals surface area contributed by atoms with Gasteiger partial charge in [0, 0.05) is 49.0 Å². The van der Waals surface area contributed by atoms with E-state index in [1.807, 2.05) is 12.1 Å². The first-order valence-electron chi connectivity index (χ1n) is 16.2. The summed E-state index contributed by atoms with van der Waals surface area (Å²) < 4.78 is 11.1. The molecule has 48 heavy (non-hydrogen) atoms. The van der Waals surface area contributed by atoms with Crippen molar-refractivity contribution in [2.75, 3.05) is 4.90 Å². The predicted molar refractivity (Wildman–Crippen MR) is 204 cm³/mol. The standard InChI is InChI=1S/C44H28N2OS/c1-3-11-29(12-4-1)30-19-21-32(22-20-30)45(34-23-25-37-42(28-34)48-44-36-16-8-10-18-41(36)47-43(37)44)33-24-26-40-38(27-33)35-15-7-9-17-39(35)46(40)31-13-5-2-6-14-31/h1-28H. The Bertz CT molecular complexity index is 2770. The van der Waals surface area contributed by atoms with Gasteiger partial charge in [0.1, 0.15) is 5.58 Å². The Labute approximate surface area is 281 Å². The van der Waals surface area contributed by atoms with Crippen LogP contribution in [0.4, 0.5) is 17.1 Å². The summed E-state index contributed by atoms with van der Waals surface area (Å²) in [6.45, 7) is 0. The van der Waals surface area contributed by atoms with Gasteiger partial charge in [0.25, 0.3) is 0 Å². The number of aromatic nitrogens is 1. The molecule has 0 saturated carbocycles. The molecular formula is C44H28N2OS. The van der Waals surface area contributed by atoms with E-state index in [2.05, 4.69) is 167 Å². The molecule has 226 valence electrons. The molecule has 3 heterocycles. The SMILES string of the molecule is c1ccc(-c2ccc(N(c3ccc4c(c3)sc3c5ccccc5oc43)c3ccc4c(c3)c3ccccc3n4-c3ccccc3)cc2)cc1. The molecule has 0 radical (unpaired) electrons. The van der Waals surface area contributed by atoms with Gasteiger partial charge >= 0.3 is 0 Å². The van der Waals surface area contributed by atoms with E-state index in [-0.39, 0.29) is 0 Å². The van der Waals surface area contributed by atoms with Gasteiger partial charge in [0.05, 0.1) is 15.7 Å². The molecule has 0 unspecified atom stereocenters. The molecule has 0 amide bonds. The fraction of sp³-hybridized carbons (Fsp3) is 0. The molecule has 3 aromatic heterocycles. The van der Waals surface area contributed by atoms with E-state index in [9.17, 15) is 0 Å². The lowest BCUT2D eigenvalue weighted by Crippen LogP contribution is -2.09. The topological polar surface area (TPSA) is 21.3 Å². The van der Waals surface area contributed by atoms with E-state index >= 15 is 0 Å². The number of benzene rings is 7. The number of anilines is 3. The molecule has 0 bridgehead atoms. The number of rotatable bonds is 5. The quantitative estimate of drug-likeness (QED) is 0.188. The number of furan rings is 1. The van der Waals surface area contributed by atoms with E-state index in [1.54, 1.807) is 11.3 Å². The smallest absolute Gasteiger partial charge is 0.154 e. The van der Waals surface area contributed by atoms with Crippen LogP contribution in [-0.2, 0) is 0 Å². The number of thiophene rings is 1. The zero-order chi connectivity index (χ0) is 31.6. The molecule has 4 heteroatoms. The number of hydrogen-bond acceptors (Lipinski definition) is 3. The number of nitrogens with zero attached hydrogens (tertiary/aromatic N) is 2. The third-order valence-corrected chi connectivity index (χ3v) is 10.6. The summed E-state index contributed by atoms with van der Waals surface area (Å²) >= 11 is 1.80. The van der Waals surface area contributed by atoms with E-state index in [4.69, 9.17) is 4.42 Å². The Morgan fingerprint density at radius 3 is 1.92 bits per heavy atom. The van der Waals surface area contributed by atoms with Crippen LogP contribution in [0.5, 0.6) is 0 Å². The van der Waals surface area contributed by atoms with Gasteiger partial charge < -0.3 is 13.9 Å². The number of hydrogen-bond donors (Lipinski definition) is 0. The fourth-order valence-corrected chi connectivity index (χ4v) is 8.36. The minimum Gasteiger partial charge on any atom is -0.454 e. The highest BCUT2D eigenvalue weighted by Crippen LogP contribution is 2.45. The first kappa shape index (κ1) is 27.1. The average molecular weight is 633 g/mol. The molecule has 0 N–H and O–H groups in total. The van der Waals surface area contributed by atoms with Crippen molar-refractivity contribution < 1.29 is 4.42 Å². The second-order valence-electron chi connectivity index (χ2n) is 12.2. The maximum Gasteiger partial charge on any atom is 0.154 e. The molecule has 10 rings (SSSR count). The van der Waals surface area contributed by atoms with Gasteiger partial charge in [-0.3, -0.25) is 0 Å². The summed E-state index contributed by atoms with van der Waals surface area (Å²) in [5, 5.41) is 4.78. The molecule has 0 fully saturated rings. The van der Waals surface area contributed by atoms with Crippen LogP contribution in [0.1, 0.15) is 0 Å². The molecule has 10 aromatic rings. The minimum absolute atomic E-state index is 0.938. The molecule has 0 saturated heterocycles. The van der Waals surface area contributed by atoms with Crippen molar-refractivity contribution in [1.82, 2.24) is 4.57 Å². The van der Waals surface area contributed by atoms with Crippen LogP contribution in [-0.4, -0.2) is 4.57 Å². The van der Waals surface area contributed by atoms with Gasteiger partial charge in [0.2, 0.25) is 0 Å². The second-order valence-corrected chi connectivity index (χ2v) is 13.2. The molecule has 0 atom stereocenters. The van der Waals surface area contributed by atoms with E-state index < -0.39 is 0 Å². The lowest BCUT2D eigenvalue weighted by atomic mass is 10.0. The van der Waals surface area contributed by atoms with Crippen molar-refractivity contribution in [3.63, 3.8) is 0 Å². The summed E-state index contributed by atoms with van der Waals surface area (Å²) in [5.74, 6) is 0. The number of fused-ring (bicyclic) bond motifs is 8. The average Bonchev–Trinajstić information content (AvgIpc) is 3.80. The van der Waals surface area contributed by atoms with Crippen LogP contribution >= 0.6 is 11.3 Å². The van der Waals surface area contributed by atoms with E-state index in [0.29, 0.717) is 0 Å². The van der Waals surface area contributed by atoms with Gasteiger partial charge in [-0.15, -0.1) is 11.3 Å². The summed E-state index contributed by atoms with van der Waals surface area (Å²) in [4.78, 5) is 2.38. The van der Waals surface area contributed by atoms with Gasteiger partial charge in [-0.1, -0.05) is 91.0 Å². The lowest BCUT2D eigenvalue weighted by molar-refractivity contribution is 0.673. The minimum atomic E-state index is 0.938. The van der Waals surface area contributed by atoms with Gasteiger partial charge in [-0.05, 0) is 90.0 Å². The molecular weight excluding hydrogens is 605 g/mol. The predicted octanol–water partition coefficient (Wildman–Crippen LogP) is 13.0. The summed E-state index contributed by atoms with van der Waals surface area (Å²) in [6, 6.07) is 60.7. The van der Waals surface area contributed by atoms with Crippen LogP contribution in [0.15, 0.2) is 174 Å². The lowest BCUT2D eigenvalue weighted by Gasteiger charge is -2.26. The highest BCUT2D eigenvalue weighted by Gasteiger charge is 2.20. The molecule has 0 spiro atoms. The molecule has 0 aliphatic carbocycles. The van der Waals surface area contributed by atoms with Gasteiger partial charge in [0.15, 0.2) is 5.58 Å². The zero-order valence-corrected chi connectivity index (χ0v) is 26.7. The maximum absolute atomic E-state index is 6.35. The van der Waals surface area contributed by atoms with Crippen molar-refractivity contribution >= 4 is 81.5 Å². The summed E-state index contributed by atoms with van der Waals surface area (Å²) in [7, 11) is 0. The van der Waals surface area contributed by atoms with Crippen molar-refractivity contribution in [2.45, 2.75) is 0 Å². The summed E-state index contributed by atoms with van der Waals surface area (Å²) in [6.07, 6.45) is 0. The van der Waals surface area contributed by atoms with Crippen molar-refractivity contribution in [2.24, 2.45) is 0 Å². The Hall–Kier alpha value is -6.10. The molecule has 7 aromatic carbocycles. The van der Waals surface area contributed by atoms with Crippen LogP contribution in [0.3, 0.4) is 0 Å². The van der Waals surface area contributed by atoms with Crippen molar-refractivity contribution in [1.29, 1.82) is 0 Å². The van der Waals surface area contributed by atoms with Crippen LogP contribution in [0.2, 0.25) is 0 Å². The van der Waals surface area contributed by atoms with Crippen LogP contribution < -0.4 is 4.90 Å². The van der Waals surface area contributed by atoms with Gasteiger partial charge in [-0.25, -0.2) is 0 Å². The Balaban J connectivity index is 1.18. The third kappa shape index (κ3) is 4.20. The molecule has 0 aliphatic rings. The highest BCUT2D eigenvalue weighted by molar-refractivity contribution is 7.26. The first-order valence-corrected chi connectivity index (χ1v) is 17.0. The normalized spacial score (nSPS) is 11.8. The maximum atomic E-state index is 6.35. The van der Waals surface area contributed by atoms with E-state index in [1.165, 1.54) is 47.7 Å². The van der Waals surface area contributed by atoms with Crippen LogP contribution in [0.25, 0.3) is 70.0 Å². The summed E-state index contributed by atoms with van der Waals surface area (Å²) in [5.41, 5.74) is 11.2. The highest BCUT2D eigenvalue weighted by atomic mass is 32.1. The largest absolute Gasteiger partial charge is 0.454 e. The zero-order valence-electron chi connectivity index (χ0n) is 25.9. The molecule has 0 aliphatic heterocycles. The third-order valence-electron chi connectivity index (χ3n) is 9.39. The van der Waals surface area contributed by atoms with Crippen molar-refractivity contribution in [3.05, 3.63) is 170 Å². The van der Waals surface area contributed by atoms with Gasteiger partial charge in [-0.2, -0.15) is 0 Å². The number of para-hydroxylation sites is 3. The Kier molecular flexibility index (Phi) is 6.05. The first-order chi connectivity index (χ1) is 23.8. The monoisotopic (exact) mass is 632 g/mol.